The average molecular weight is 349 g/mol. The fourth-order valence-corrected chi connectivity index (χ4v) is 2.51. The van der Waals surface area contributed by atoms with Crippen LogP contribution in [0.1, 0.15) is 27.7 Å². The predicted octanol–water partition coefficient (Wildman–Crippen LogP) is 3.04. The Balaban J connectivity index is 2.46. The summed E-state index contributed by atoms with van der Waals surface area (Å²) in [7, 11) is 0.313. The Morgan fingerprint density at radius 2 is 1.60 bits per heavy atom. The summed E-state index contributed by atoms with van der Waals surface area (Å²) in [6.45, 7) is 7.39. The van der Waals surface area contributed by atoms with Gasteiger partial charge >= 0.3 is 7.12 Å². The van der Waals surface area contributed by atoms with E-state index in [4.69, 9.17) is 14.0 Å². The number of halogens is 3. The molecule has 1 aliphatic rings. The van der Waals surface area contributed by atoms with Crippen LogP contribution in [-0.2, 0) is 9.31 Å². The van der Waals surface area contributed by atoms with Crippen LogP contribution in [0.2, 0.25) is 0 Å². The van der Waals surface area contributed by atoms with Crippen LogP contribution in [0, 0.1) is 11.6 Å². The van der Waals surface area contributed by atoms with E-state index < -0.39 is 30.0 Å². The highest BCUT2D eigenvalue weighted by Gasteiger charge is 2.52. The van der Waals surface area contributed by atoms with E-state index in [0.29, 0.717) is 4.47 Å². The summed E-state index contributed by atoms with van der Waals surface area (Å²) >= 11 is 3.15. The molecule has 1 aromatic rings. The summed E-state index contributed by atoms with van der Waals surface area (Å²) in [4.78, 5) is 0. The maximum absolute atomic E-state index is 14.1. The van der Waals surface area contributed by atoms with Crippen LogP contribution in [0.5, 0.6) is 5.75 Å². The molecule has 0 atom stereocenters. The molecular weight excluding hydrogens is 333 g/mol. The quantitative estimate of drug-likeness (QED) is 0.607. The van der Waals surface area contributed by atoms with Crippen LogP contribution in [0.15, 0.2) is 10.5 Å². The second kappa shape index (κ2) is 4.96. The highest BCUT2D eigenvalue weighted by atomic mass is 79.9. The van der Waals surface area contributed by atoms with E-state index in [1.807, 2.05) is 27.7 Å². The number of methoxy groups -OCH3 is 1. The Bertz CT molecular complexity index is 533. The molecule has 0 amide bonds. The highest BCUT2D eigenvalue weighted by molar-refractivity contribution is 9.10. The molecule has 0 aliphatic carbocycles. The Morgan fingerprint density at radius 1 is 1.10 bits per heavy atom. The summed E-state index contributed by atoms with van der Waals surface area (Å²) in [5.41, 5.74) is -1.23. The van der Waals surface area contributed by atoms with Crippen molar-refractivity contribution >= 4 is 28.5 Å². The van der Waals surface area contributed by atoms with Gasteiger partial charge in [-0.3, -0.25) is 0 Å². The highest BCUT2D eigenvalue weighted by Crippen LogP contribution is 2.37. The number of benzene rings is 1. The van der Waals surface area contributed by atoms with Crippen molar-refractivity contribution in [2.24, 2.45) is 0 Å². The minimum absolute atomic E-state index is 0.00817. The second-order valence-electron chi connectivity index (χ2n) is 5.70. The third kappa shape index (κ3) is 2.36. The third-order valence-corrected chi connectivity index (χ3v) is 4.44. The molecule has 1 aromatic carbocycles. The molecule has 0 bridgehead atoms. The van der Waals surface area contributed by atoms with Crippen LogP contribution >= 0.6 is 15.9 Å². The van der Waals surface area contributed by atoms with Gasteiger partial charge in [-0.25, -0.2) is 4.39 Å². The molecule has 3 nitrogen and oxygen atoms in total. The number of rotatable bonds is 2. The third-order valence-electron chi connectivity index (χ3n) is 3.86. The molecule has 0 radical (unpaired) electrons. The Hall–Kier alpha value is -0.655. The lowest BCUT2D eigenvalue weighted by atomic mass is 9.78. The Morgan fingerprint density at radius 3 is 2.05 bits per heavy atom. The molecule has 110 valence electrons. The zero-order valence-electron chi connectivity index (χ0n) is 12.0. The first-order valence-electron chi connectivity index (χ1n) is 6.17. The molecule has 1 saturated heterocycles. The Labute approximate surface area is 125 Å². The van der Waals surface area contributed by atoms with Gasteiger partial charge in [0.15, 0.2) is 11.6 Å². The van der Waals surface area contributed by atoms with Gasteiger partial charge in [-0.05, 0) is 49.7 Å². The lowest BCUT2D eigenvalue weighted by Gasteiger charge is -2.32. The summed E-state index contributed by atoms with van der Waals surface area (Å²) in [6.07, 6.45) is 0. The predicted molar refractivity (Wildman–Crippen MR) is 76.3 cm³/mol. The average Bonchev–Trinajstić information content (AvgIpc) is 2.54. The molecule has 0 N–H and O–H groups in total. The van der Waals surface area contributed by atoms with Crippen molar-refractivity contribution in [3.8, 4) is 5.75 Å². The molecule has 7 heteroatoms. The normalized spacial score (nSPS) is 20.3. The first-order chi connectivity index (χ1) is 9.10. The molecule has 0 saturated carbocycles. The van der Waals surface area contributed by atoms with Crippen molar-refractivity contribution in [3.05, 3.63) is 22.2 Å². The fraction of sp³-hybridized carbons (Fsp3) is 0.538. The van der Waals surface area contributed by atoms with Crippen molar-refractivity contribution in [2.45, 2.75) is 38.9 Å². The molecule has 1 heterocycles. The van der Waals surface area contributed by atoms with Gasteiger partial charge in [-0.15, -0.1) is 0 Å². The topological polar surface area (TPSA) is 27.7 Å². The van der Waals surface area contributed by atoms with Gasteiger partial charge in [-0.1, -0.05) is 0 Å². The number of hydrogen-bond donors (Lipinski definition) is 0. The smallest absolute Gasteiger partial charge is 0.492 e. The summed E-state index contributed by atoms with van der Waals surface area (Å²) in [5, 5.41) is 0. The van der Waals surface area contributed by atoms with Crippen molar-refractivity contribution < 1.29 is 22.8 Å². The van der Waals surface area contributed by atoms with E-state index in [1.54, 1.807) is 0 Å². The number of ether oxygens (including phenoxy) is 1. The van der Waals surface area contributed by atoms with Crippen LogP contribution in [0.3, 0.4) is 0 Å². The van der Waals surface area contributed by atoms with E-state index in [9.17, 15) is 8.78 Å². The fourth-order valence-electron chi connectivity index (χ4n) is 1.93. The molecule has 1 aliphatic heterocycles. The van der Waals surface area contributed by atoms with Gasteiger partial charge in [0.2, 0.25) is 5.82 Å². The maximum atomic E-state index is 14.1. The van der Waals surface area contributed by atoms with Gasteiger partial charge < -0.3 is 14.0 Å². The summed E-state index contributed by atoms with van der Waals surface area (Å²) in [5.74, 6) is -2.27. The van der Waals surface area contributed by atoms with Crippen LogP contribution in [0.4, 0.5) is 8.78 Å². The van der Waals surface area contributed by atoms with Crippen LogP contribution in [-0.4, -0.2) is 25.4 Å². The van der Waals surface area contributed by atoms with Gasteiger partial charge in [0.1, 0.15) is 0 Å². The minimum atomic E-state index is -1.06. The van der Waals surface area contributed by atoms with Crippen molar-refractivity contribution in [3.63, 3.8) is 0 Å². The lowest BCUT2D eigenvalue weighted by molar-refractivity contribution is 0.00578. The lowest BCUT2D eigenvalue weighted by Crippen LogP contribution is -2.41. The maximum Gasteiger partial charge on any atom is 0.498 e. The van der Waals surface area contributed by atoms with Gasteiger partial charge in [-0.2, -0.15) is 4.39 Å². The van der Waals surface area contributed by atoms with Crippen LogP contribution in [0.25, 0.3) is 0 Å². The molecular formula is C13H16BBrF2O3. The van der Waals surface area contributed by atoms with E-state index in [2.05, 4.69) is 15.9 Å². The largest absolute Gasteiger partial charge is 0.498 e. The minimum Gasteiger partial charge on any atom is -0.492 e. The van der Waals surface area contributed by atoms with E-state index in [1.165, 1.54) is 13.2 Å². The van der Waals surface area contributed by atoms with Gasteiger partial charge in [0.25, 0.3) is 0 Å². The van der Waals surface area contributed by atoms with E-state index in [-0.39, 0.29) is 11.2 Å². The Kier molecular flexibility index (Phi) is 3.90. The monoisotopic (exact) mass is 348 g/mol. The molecule has 0 spiro atoms. The molecule has 2 rings (SSSR count). The number of hydrogen-bond acceptors (Lipinski definition) is 3. The zero-order chi connectivity index (χ0) is 15.3. The molecule has 20 heavy (non-hydrogen) atoms. The zero-order valence-corrected chi connectivity index (χ0v) is 13.6. The van der Waals surface area contributed by atoms with E-state index in [0.717, 1.165) is 0 Å². The molecule has 1 fully saturated rings. The molecule has 0 unspecified atom stereocenters. The molecule has 0 aromatic heterocycles. The first kappa shape index (κ1) is 15.7. The van der Waals surface area contributed by atoms with Crippen molar-refractivity contribution in [1.29, 1.82) is 0 Å². The van der Waals surface area contributed by atoms with Gasteiger partial charge in [0, 0.05) is 5.46 Å². The SMILES string of the molecule is COc1c(Br)cc(B2OC(C)(C)C(C)(C)O2)c(F)c1F. The van der Waals surface area contributed by atoms with Gasteiger partial charge in [0.05, 0.1) is 22.8 Å². The van der Waals surface area contributed by atoms with Crippen molar-refractivity contribution in [2.75, 3.05) is 7.11 Å². The first-order valence-corrected chi connectivity index (χ1v) is 6.97. The summed E-state index contributed by atoms with van der Waals surface area (Å²) < 4.78 is 44.6. The van der Waals surface area contributed by atoms with Crippen LogP contribution < -0.4 is 10.2 Å². The van der Waals surface area contributed by atoms with Crippen molar-refractivity contribution in [1.82, 2.24) is 0 Å². The standard InChI is InChI=1S/C13H16BBrF2O3/c1-12(2)13(3,4)20-14(19-12)7-6-8(15)11(18-5)10(17)9(7)16/h6H,1-5H3. The second-order valence-corrected chi connectivity index (χ2v) is 6.55. The summed E-state index contributed by atoms with van der Waals surface area (Å²) in [6, 6.07) is 1.42. The van der Waals surface area contributed by atoms with E-state index >= 15 is 0 Å².